The molecule has 1 saturated heterocycles. The zero-order chi connectivity index (χ0) is 24.8. The summed E-state index contributed by atoms with van der Waals surface area (Å²) in [5.41, 5.74) is 2.33. The molecule has 1 N–H and O–H groups in total. The van der Waals surface area contributed by atoms with Gasteiger partial charge in [0.2, 0.25) is 0 Å². The third kappa shape index (κ3) is 6.54. The molecule has 3 aromatic carbocycles. The van der Waals surface area contributed by atoms with E-state index in [1.807, 2.05) is 36.4 Å². The van der Waals surface area contributed by atoms with Crippen LogP contribution in [0.15, 0.2) is 72.8 Å². The summed E-state index contributed by atoms with van der Waals surface area (Å²) in [6, 6.07) is 20.4. The smallest absolute Gasteiger partial charge is 0.416 e. The number of methoxy groups -OCH3 is 1. The van der Waals surface area contributed by atoms with Gasteiger partial charge in [-0.05, 0) is 47.5 Å². The van der Waals surface area contributed by atoms with E-state index in [0.717, 1.165) is 61.9 Å². The second kappa shape index (κ2) is 10.8. The molecule has 3 aromatic rings. The maximum atomic E-state index is 12.9. The Bertz CT molecular complexity index is 1160. The molecule has 0 bridgehead atoms. The number of carbonyl (C=O) groups is 1. The molecule has 4 rings (SSSR count). The largest absolute Gasteiger partial charge is 0.497 e. The number of carbonyl (C=O) groups excluding carboxylic acids is 1. The molecule has 0 spiro atoms. The van der Waals surface area contributed by atoms with Crippen LogP contribution in [-0.4, -0.2) is 44.1 Å². The van der Waals surface area contributed by atoms with Crippen LogP contribution in [0.25, 0.3) is 0 Å². The Kier molecular flexibility index (Phi) is 7.60. The number of amides is 1. The van der Waals surface area contributed by atoms with Gasteiger partial charge in [-0.3, -0.25) is 9.69 Å². The lowest BCUT2D eigenvalue weighted by Crippen LogP contribution is -2.46. The van der Waals surface area contributed by atoms with Crippen molar-refractivity contribution in [2.75, 3.05) is 38.2 Å². The van der Waals surface area contributed by atoms with Crippen LogP contribution in [0.2, 0.25) is 0 Å². The van der Waals surface area contributed by atoms with Crippen LogP contribution in [0.3, 0.4) is 0 Å². The second-order valence-corrected chi connectivity index (χ2v) is 8.55. The standard InChI is InChI=1S/C27H28F3N3O2/c1-35-25-10-4-9-24(17-25)33-13-11-32(12-14-33)19-21-6-2-7-22(15-21)26(34)31-18-20-5-3-8-23(16-20)27(28,29)30/h2-10,15-17H,11-14,18-19H2,1H3,(H,31,34). The van der Waals surface area contributed by atoms with Crippen molar-refractivity contribution in [1.82, 2.24) is 10.2 Å². The van der Waals surface area contributed by atoms with Gasteiger partial charge in [-0.1, -0.05) is 30.3 Å². The monoisotopic (exact) mass is 483 g/mol. The highest BCUT2D eigenvalue weighted by atomic mass is 19.4. The van der Waals surface area contributed by atoms with Crippen molar-refractivity contribution in [3.8, 4) is 5.75 Å². The predicted molar refractivity (Wildman–Crippen MR) is 130 cm³/mol. The van der Waals surface area contributed by atoms with Crippen LogP contribution in [0.5, 0.6) is 5.75 Å². The first kappa shape index (κ1) is 24.6. The van der Waals surface area contributed by atoms with Gasteiger partial charge in [-0.15, -0.1) is 0 Å². The quantitative estimate of drug-likeness (QED) is 0.516. The maximum Gasteiger partial charge on any atom is 0.416 e. The number of hydrogen-bond acceptors (Lipinski definition) is 4. The highest BCUT2D eigenvalue weighted by Crippen LogP contribution is 2.29. The summed E-state index contributed by atoms with van der Waals surface area (Å²) in [6.07, 6.45) is -4.41. The average Bonchev–Trinajstić information content (AvgIpc) is 2.87. The third-order valence-corrected chi connectivity index (χ3v) is 6.09. The van der Waals surface area contributed by atoms with E-state index in [1.165, 1.54) is 6.07 Å². The number of anilines is 1. The van der Waals surface area contributed by atoms with E-state index in [0.29, 0.717) is 11.1 Å². The van der Waals surface area contributed by atoms with Crippen LogP contribution in [0.1, 0.15) is 27.0 Å². The van der Waals surface area contributed by atoms with Crippen LogP contribution in [-0.2, 0) is 19.3 Å². The van der Waals surface area contributed by atoms with Gasteiger partial charge in [0.05, 0.1) is 12.7 Å². The molecule has 0 saturated carbocycles. The first-order valence-electron chi connectivity index (χ1n) is 11.5. The lowest BCUT2D eigenvalue weighted by Gasteiger charge is -2.36. The number of hydrogen-bond donors (Lipinski definition) is 1. The lowest BCUT2D eigenvalue weighted by molar-refractivity contribution is -0.137. The molecule has 1 amide bonds. The summed E-state index contributed by atoms with van der Waals surface area (Å²) in [5.74, 6) is 0.528. The highest BCUT2D eigenvalue weighted by molar-refractivity contribution is 5.94. The maximum absolute atomic E-state index is 12.9. The van der Waals surface area contributed by atoms with Crippen molar-refractivity contribution in [2.24, 2.45) is 0 Å². The minimum Gasteiger partial charge on any atom is -0.497 e. The molecule has 0 unspecified atom stereocenters. The van der Waals surface area contributed by atoms with Gasteiger partial charge in [0, 0.05) is 56.6 Å². The minimum absolute atomic E-state index is 0.0270. The van der Waals surface area contributed by atoms with Crippen molar-refractivity contribution < 1.29 is 22.7 Å². The second-order valence-electron chi connectivity index (χ2n) is 8.55. The Balaban J connectivity index is 1.31. The molecule has 1 fully saturated rings. The van der Waals surface area contributed by atoms with Crippen molar-refractivity contribution in [1.29, 1.82) is 0 Å². The molecular weight excluding hydrogens is 455 g/mol. The fourth-order valence-corrected chi connectivity index (χ4v) is 4.18. The Labute approximate surface area is 203 Å². The third-order valence-electron chi connectivity index (χ3n) is 6.09. The zero-order valence-electron chi connectivity index (χ0n) is 19.5. The normalized spacial score (nSPS) is 14.6. The van der Waals surface area contributed by atoms with Crippen LogP contribution in [0, 0.1) is 0 Å². The molecule has 1 heterocycles. The van der Waals surface area contributed by atoms with Crippen molar-refractivity contribution in [2.45, 2.75) is 19.3 Å². The van der Waals surface area contributed by atoms with Crippen LogP contribution >= 0.6 is 0 Å². The SMILES string of the molecule is COc1cccc(N2CCN(Cc3cccc(C(=O)NCc4cccc(C(F)(F)F)c4)c3)CC2)c1. The molecule has 184 valence electrons. The first-order chi connectivity index (χ1) is 16.8. The number of rotatable bonds is 7. The Morgan fingerprint density at radius 2 is 1.63 bits per heavy atom. The molecule has 0 aromatic heterocycles. The van der Waals surface area contributed by atoms with Gasteiger partial charge < -0.3 is 15.0 Å². The molecule has 0 atom stereocenters. The van der Waals surface area contributed by atoms with Crippen molar-refractivity contribution in [3.63, 3.8) is 0 Å². The fraction of sp³-hybridized carbons (Fsp3) is 0.296. The van der Waals surface area contributed by atoms with Crippen molar-refractivity contribution >= 4 is 11.6 Å². The molecule has 5 nitrogen and oxygen atoms in total. The van der Waals surface area contributed by atoms with Crippen molar-refractivity contribution in [3.05, 3.63) is 95.1 Å². The summed E-state index contributed by atoms with van der Waals surface area (Å²) < 4.78 is 44.0. The van der Waals surface area contributed by atoms with E-state index >= 15 is 0 Å². The van der Waals surface area contributed by atoms with Crippen LogP contribution in [0.4, 0.5) is 18.9 Å². The summed E-state index contributed by atoms with van der Waals surface area (Å²) in [4.78, 5) is 17.3. The van der Waals surface area contributed by atoms with Gasteiger partial charge in [0.1, 0.15) is 5.75 Å². The van der Waals surface area contributed by atoms with E-state index < -0.39 is 11.7 Å². The summed E-state index contributed by atoms with van der Waals surface area (Å²) in [6.45, 7) is 4.32. The molecule has 35 heavy (non-hydrogen) atoms. The van der Waals surface area contributed by atoms with E-state index in [1.54, 1.807) is 19.2 Å². The van der Waals surface area contributed by atoms with Gasteiger partial charge in [0.15, 0.2) is 0 Å². The van der Waals surface area contributed by atoms with E-state index in [9.17, 15) is 18.0 Å². The average molecular weight is 484 g/mol. The number of ether oxygens (including phenoxy) is 1. The van der Waals surface area contributed by atoms with Gasteiger partial charge >= 0.3 is 6.18 Å². The van der Waals surface area contributed by atoms with Gasteiger partial charge in [-0.25, -0.2) is 0 Å². The van der Waals surface area contributed by atoms with Gasteiger partial charge in [-0.2, -0.15) is 13.2 Å². The Morgan fingerprint density at radius 1 is 0.914 bits per heavy atom. The number of nitrogens with one attached hydrogen (secondary N) is 1. The number of piperazine rings is 1. The Morgan fingerprint density at radius 3 is 2.37 bits per heavy atom. The zero-order valence-corrected chi connectivity index (χ0v) is 19.5. The minimum atomic E-state index is -4.41. The topological polar surface area (TPSA) is 44.8 Å². The summed E-state index contributed by atoms with van der Waals surface area (Å²) in [7, 11) is 1.66. The number of alkyl halides is 3. The number of nitrogens with zero attached hydrogens (tertiary/aromatic N) is 2. The Hall–Kier alpha value is -3.52. The lowest BCUT2D eigenvalue weighted by atomic mass is 10.1. The first-order valence-corrected chi connectivity index (χ1v) is 11.5. The number of halogens is 3. The molecular formula is C27H28F3N3O2. The molecule has 0 aliphatic carbocycles. The van der Waals surface area contributed by atoms with E-state index in [2.05, 4.69) is 21.2 Å². The summed E-state index contributed by atoms with van der Waals surface area (Å²) in [5, 5.41) is 2.72. The highest BCUT2D eigenvalue weighted by Gasteiger charge is 2.30. The van der Waals surface area contributed by atoms with Crippen LogP contribution < -0.4 is 15.0 Å². The predicted octanol–water partition coefficient (Wildman–Crippen LogP) is 4.97. The summed E-state index contributed by atoms with van der Waals surface area (Å²) >= 11 is 0. The van der Waals surface area contributed by atoms with E-state index in [-0.39, 0.29) is 12.5 Å². The molecule has 0 radical (unpaired) electrons. The molecule has 1 aliphatic rings. The van der Waals surface area contributed by atoms with E-state index in [4.69, 9.17) is 4.74 Å². The molecule has 1 aliphatic heterocycles. The fourth-order valence-electron chi connectivity index (χ4n) is 4.18. The number of benzene rings is 3. The molecule has 8 heteroatoms. The van der Waals surface area contributed by atoms with Gasteiger partial charge in [0.25, 0.3) is 5.91 Å².